The minimum Gasteiger partial charge on any atom is -0.463 e. The molecule has 6 nitrogen and oxygen atoms in total. The van der Waals surface area contributed by atoms with Crippen LogP contribution in [-0.2, 0) is 17.9 Å². The van der Waals surface area contributed by atoms with E-state index < -0.39 is 6.03 Å². The van der Waals surface area contributed by atoms with Gasteiger partial charge in [-0.1, -0.05) is 19.9 Å². The fraction of sp³-hybridized carbons (Fsp3) is 0.412. The van der Waals surface area contributed by atoms with Gasteiger partial charge in [0.2, 0.25) is 0 Å². The number of rotatable bonds is 8. The normalized spacial score (nSPS) is 12.1. The Morgan fingerprint density at radius 1 is 1.25 bits per heavy atom. The van der Waals surface area contributed by atoms with Crippen molar-refractivity contribution in [1.29, 1.82) is 0 Å². The number of nitrogens with one attached hydrogen (secondary N) is 3. The maximum atomic E-state index is 12.1. The molecule has 2 aromatic rings. The van der Waals surface area contributed by atoms with Gasteiger partial charge in [0.15, 0.2) is 12.3 Å². The van der Waals surface area contributed by atoms with Gasteiger partial charge in [0.05, 0.1) is 11.1 Å². The third kappa shape index (κ3) is 6.55. The van der Waals surface area contributed by atoms with Crippen LogP contribution in [0.5, 0.6) is 0 Å². The molecule has 24 heavy (non-hydrogen) atoms. The van der Waals surface area contributed by atoms with Gasteiger partial charge in [-0.15, -0.1) is 11.3 Å². The average Bonchev–Trinajstić information content (AvgIpc) is 3.18. The number of imide groups is 1. The molecule has 2 heterocycles. The van der Waals surface area contributed by atoms with Crippen molar-refractivity contribution in [2.45, 2.75) is 26.9 Å². The second-order valence-corrected chi connectivity index (χ2v) is 7.12. The molecule has 0 radical (unpaired) electrons. The van der Waals surface area contributed by atoms with Gasteiger partial charge >= 0.3 is 6.03 Å². The molecule has 0 aliphatic carbocycles. The van der Waals surface area contributed by atoms with Crippen molar-refractivity contribution in [2.75, 3.05) is 13.1 Å². The molecule has 1 unspecified atom stereocenters. The molecule has 0 fully saturated rings. The quantitative estimate of drug-likeness (QED) is 0.674. The summed E-state index contributed by atoms with van der Waals surface area (Å²) in [7, 11) is 0. The molecule has 3 N–H and O–H groups in total. The summed E-state index contributed by atoms with van der Waals surface area (Å²) in [5, 5.41) is 7.08. The molecule has 0 bridgehead atoms. The van der Waals surface area contributed by atoms with E-state index in [2.05, 4.69) is 10.6 Å². The predicted octanol–water partition coefficient (Wildman–Crippen LogP) is 1.41. The van der Waals surface area contributed by atoms with E-state index >= 15 is 0 Å². The smallest absolute Gasteiger partial charge is 0.321 e. The maximum absolute atomic E-state index is 12.1. The molecule has 3 amide bonds. The number of urea groups is 1. The molecule has 130 valence electrons. The van der Waals surface area contributed by atoms with E-state index in [9.17, 15) is 9.59 Å². The first kappa shape index (κ1) is 18.2. The molecule has 0 spiro atoms. The van der Waals surface area contributed by atoms with Crippen molar-refractivity contribution in [3.63, 3.8) is 0 Å². The number of hydrogen-bond acceptors (Lipinski definition) is 4. The lowest BCUT2D eigenvalue weighted by molar-refractivity contribution is -0.920. The standard InChI is InChI=1S/C17H23N3O3S/c1-13(2)9-18-17(22)19-16(21)12-20(10-14-5-3-7-23-14)11-15-6-4-8-24-15/h3-8,13H,9-12H2,1-2H3,(H2,18,19,21,22)/p+1. The van der Waals surface area contributed by atoms with Crippen molar-refractivity contribution in [3.05, 3.63) is 46.5 Å². The minimum absolute atomic E-state index is 0.202. The molecule has 0 aromatic carbocycles. The van der Waals surface area contributed by atoms with Crippen LogP contribution in [0.4, 0.5) is 4.79 Å². The van der Waals surface area contributed by atoms with Gasteiger partial charge in [-0.3, -0.25) is 10.1 Å². The van der Waals surface area contributed by atoms with Crippen molar-refractivity contribution in [2.24, 2.45) is 5.92 Å². The lowest BCUT2D eigenvalue weighted by Gasteiger charge is -2.17. The summed E-state index contributed by atoms with van der Waals surface area (Å²) in [6.07, 6.45) is 1.62. The fourth-order valence-electron chi connectivity index (χ4n) is 2.25. The van der Waals surface area contributed by atoms with Crippen molar-refractivity contribution < 1.29 is 18.9 Å². The Balaban J connectivity index is 1.89. The number of furan rings is 1. The summed E-state index contributed by atoms with van der Waals surface area (Å²) in [6, 6.07) is 7.31. The summed E-state index contributed by atoms with van der Waals surface area (Å²) in [5.41, 5.74) is 0. The third-order valence-corrected chi connectivity index (χ3v) is 4.22. The zero-order valence-corrected chi connectivity index (χ0v) is 14.8. The molecule has 0 saturated heterocycles. The lowest BCUT2D eigenvalue weighted by Crippen LogP contribution is -3.10. The Labute approximate surface area is 145 Å². The van der Waals surface area contributed by atoms with Gasteiger partial charge in [-0.05, 0) is 29.5 Å². The van der Waals surface area contributed by atoms with Crippen LogP contribution in [0.15, 0.2) is 40.3 Å². The summed E-state index contributed by atoms with van der Waals surface area (Å²) in [4.78, 5) is 26.1. The van der Waals surface area contributed by atoms with Crippen molar-refractivity contribution >= 4 is 23.3 Å². The molecule has 2 aromatic heterocycles. The highest BCUT2D eigenvalue weighted by atomic mass is 32.1. The van der Waals surface area contributed by atoms with E-state index in [1.807, 2.05) is 43.5 Å². The van der Waals surface area contributed by atoms with Gasteiger partial charge in [0, 0.05) is 6.54 Å². The van der Waals surface area contributed by atoms with Gasteiger partial charge < -0.3 is 14.6 Å². The van der Waals surface area contributed by atoms with Crippen molar-refractivity contribution in [1.82, 2.24) is 10.6 Å². The highest BCUT2D eigenvalue weighted by Gasteiger charge is 2.19. The largest absolute Gasteiger partial charge is 0.463 e. The summed E-state index contributed by atoms with van der Waals surface area (Å²) in [5.74, 6) is 0.860. The first-order valence-electron chi connectivity index (χ1n) is 7.99. The Kier molecular flexibility index (Phi) is 7.02. The van der Waals surface area contributed by atoms with E-state index in [0.29, 0.717) is 25.6 Å². The maximum Gasteiger partial charge on any atom is 0.321 e. The molecular formula is C17H24N3O3S+. The highest BCUT2D eigenvalue weighted by molar-refractivity contribution is 7.09. The topological polar surface area (TPSA) is 75.8 Å². The molecule has 0 aliphatic heterocycles. The summed E-state index contributed by atoms with van der Waals surface area (Å²) >= 11 is 1.65. The third-order valence-electron chi connectivity index (χ3n) is 3.34. The zero-order valence-electron chi connectivity index (χ0n) is 14.0. The lowest BCUT2D eigenvalue weighted by atomic mass is 10.2. The first-order chi connectivity index (χ1) is 11.5. The van der Waals surface area contributed by atoms with E-state index in [0.717, 1.165) is 10.7 Å². The van der Waals surface area contributed by atoms with Crippen LogP contribution < -0.4 is 15.5 Å². The molecule has 1 atom stereocenters. The summed E-state index contributed by atoms with van der Waals surface area (Å²) in [6.45, 7) is 6.03. The molecule has 0 saturated carbocycles. The molecule has 7 heteroatoms. The number of quaternary nitrogens is 1. The van der Waals surface area contributed by atoms with Crippen LogP contribution in [0.3, 0.4) is 0 Å². The Bertz CT molecular complexity index is 587. The van der Waals surface area contributed by atoms with Crippen LogP contribution in [0.2, 0.25) is 0 Å². The second kappa shape index (κ2) is 9.24. The predicted molar refractivity (Wildman–Crippen MR) is 92.6 cm³/mol. The Morgan fingerprint density at radius 3 is 2.71 bits per heavy atom. The van der Waals surface area contributed by atoms with E-state index in [1.54, 1.807) is 17.6 Å². The zero-order chi connectivity index (χ0) is 17.4. The van der Waals surface area contributed by atoms with E-state index in [4.69, 9.17) is 4.42 Å². The number of thiophene rings is 1. The number of carbonyl (C=O) groups is 2. The van der Waals surface area contributed by atoms with Crippen LogP contribution in [0.1, 0.15) is 24.5 Å². The van der Waals surface area contributed by atoms with Gasteiger partial charge in [0.25, 0.3) is 5.91 Å². The van der Waals surface area contributed by atoms with E-state index in [-0.39, 0.29) is 12.5 Å². The molecule has 0 aliphatic rings. The Morgan fingerprint density at radius 2 is 2.08 bits per heavy atom. The molecule has 2 rings (SSSR count). The van der Waals surface area contributed by atoms with E-state index in [1.165, 1.54) is 4.88 Å². The second-order valence-electron chi connectivity index (χ2n) is 6.09. The fourth-order valence-corrected chi connectivity index (χ4v) is 3.02. The van der Waals surface area contributed by atoms with Gasteiger partial charge in [-0.25, -0.2) is 4.79 Å². The molecular weight excluding hydrogens is 326 g/mol. The monoisotopic (exact) mass is 350 g/mol. The van der Waals surface area contributed by atoms with Crippen LogP contribution >= 0.6 is 11.3 Å². The average molecular weight is 350 g/mol. The summed E-state index contributed by atoms with van der Waals surface area (Å²) < 4.78 is 5.38. The van der Waals surface area contributed by atoms with Crippen LogP contribution in [0.25, 0.3) is 0 Å². The van der Waals surface area contributed by atoms with Crippen LogP contribution in [-0.4, -0.2) is 25.0 Å². The first-order valence-corrected chi connectivity index (χ1v) is 8.87. The number of carbonyl (C=O) groups excluding carboxylic acids is 2. The number of amides is 3. The minimum atomic E-state index is -0.442. The highest BCUT2D eigenvalue weighted by Crippen LogP contribution is 2.06. The Hall–Kier alpha value is -2.12. The van der Waals surface area contributed by atoms with Crippen molar-refractivity contribution in [3.8, 4) is 0 Å². The van der Waals surface area contributed by atoms with Gasteiger partial charge in [0.1, 0.15) is 13.1 Å². The number of hydrogen-bond donors (Lipinski definition) is 3. The van der Waals surface area contributed by atoms with Crippen LogP contribution in [0, 0.1) is 5.92 Å². The SMILES string of the molecule is CC(C)CNC(=O)NC(=O)C[NH+](Cc1ccco1)Cc1cccs1. The van der Waals surface area contributed by atoms with Gasteiger partial charge in [-0.2, -0.15) is 0 Å².